The average molecular weight is 195 g/mol. The van der Waals surface area contributed by atoms with Crippen molar-refractivity contribution < 1.29 is 4.79 Å². The minimum atomic E-state index is 0.0636. The number of carbonyl (C=O) groups excluding carboxylic acids is 1. The van der Waals surface area contributed by atoms with Crippen LogP contribution in [0.15, 0.2) is 46.6 Å². The van der Waals surface area contributed by atoms with Gasteiger partial charge in [-0.3, -0.25) is 9.79 Å². The van der Waals surface area contributed by atoms with Gasteiger partial charge in [0, 0.05) is 22.9 Å². The highest BCUT2D eigenvalue weighted by atomic mass is 16.1. The van der Waals surface area contributed by atoms with Gasteiger partial charge < -0.3 is 0 Å². The number of fused-ring (bicyclic) bond motifs is 3. The van der Waals surface area contributed by atoms with E-state index in [0.717, 1.165) is 28.1 Å². The molecule has 2 aliphatic rings. The fourth-order valence-electron chi connectivity index (χ4n) is 1.99. The van der Waals surface area contributed by atoms with Crippen LogP contribution in [0.2, 0.25) is 0 Å². The Labute approximate surface area is 87.7 Å². The maximum Gasteiger partial charge on any atom is 0.189 e. The van der Waals surface area contributed by atoms with Gasteiger partial charge >= 0.3 is 0 Å². The monoisotopic (exact) mass is 195 g/mol. The van der Waals surface area contributed by atoms with Gasteiger partial charge in [-0.1, -0.05) is 24.3 Å². The molecule has 0 unspecified atom stereocenters. The standard InChI is InChI=1S/C13H9NO/c1-8-6-12(15)11-7-9-4-2-3-5-10(9)13(11)14-8/h2-7H,1H3. The summed E-state index contributed by atoms with van der Waals surface area (Å²) in [5, 5.41) is 0. The molecule has 0 bridgehead atoms. The molecule has 0 amide bonds. The molecule has 1 heterocycles. The Balaban J connectivity index is 2.28. The summed E-state index contributed by atoms with van der Waals surface area (Å²) in [6, 6.07) is 7.95. The minimum absolute atomic E-state index is 0.0636. The highest BCUT2D eigenvalue weighted by molar-refractivity contribution is 6.38. The number of carbonyl (C=O) groups is 1. The molecule has 0 saturated heterocycles. The zero-order chi connectivity index (χ0) is 10.4. The lowest BCUT2D eigenvalue weighted by Crippen LogP contribution is -2.13. The summed E-state index contributed by atoms with van der Waals surface area (Å²) >= 11 is 0. The number of ketones is 1. The molecule has 0 N–H and O–H groups in total. The van der Waals surface area contributed by atoms with Gasteiger partial charge in [-0.2, -0.15) is 0 Å². The lowest BCUT2D eigenvalue weighted by Gasteiger charge is -2.08. The molecule has 1 aliphatic carbocycles. The summed E-state index contributed by atoms with van der Waals surface area (Å²) in [5.74, 6) is 0.0636. The lowest BCUT2D eigenvalue weighted by atomic mass is 10.0. The van der Waals surface area contributed by atoms with Gasteiger partial charge in [-0.25, -0.2) is 0 Å². The first-order valence-corrected chi connectivity index (χ1v) is 4.88. The van der Waals surface area contributed by atoms with Gasteiger partial charge in [0.2, 0.25) is 0 Å². The lowest BCUT2D eigenvalue weighted by molar-refractivity contribution is -0.110. The Morgan fingerprint density at radius 3 is 2.80 bits per heavy atom. The van der Waals surface area contributed by atoms with Crippen LogP contribution in [0, 0.1) is 0 Å². The molecule has 1 aromatic rings. The second-order valence-electron chi connectivity index (χ2n) is 3.76. The fraction of sp³-hybridized carbons (Fsp3) is 0.0769. The third-order valence-corrected chi connectivity index (χ3v) is 2.66. The van der Waals surface area contributed by atoms with Crippen LogP contribution in [0.25, 0.3) is 6.08 Å². The van der Waals surface area contributed by atoms with Gasteiger partial charge in [-0.05, 0) is 18.6 Å². The highest BCUT2D eigenvalue weighted by Gasteiger charge is 2.26. The van der Waals surface area contributed by atoms with Crippen molar-refractivity contribution in [1.82, 2.24) is 0 Å². The molecule has 0 spiro atoms. The molecule has 0 radical (unpaired) electrons. The van der Waals surface area contributed by atoms with E-state index in [9.17, 15) is 4.79 Å². The third kappa shape index (κ3) is 1.11. The van der Waals surface area contributed by atoms with E-state index in [1.54, 1.807) is 6.08 Å². The Kier molecular flexibility index (Phi) is 1.54. The predicted molar refractivity (Wildman–Crippen MR) is 59.7 cm³/mol. The van der Waals surface area contributed by atoms with Crippen LogP contribution in [0.1, 0.15) is 18.1 Å². The van der Waals surface area contributed by atoms with E-state index in [4.69, 9.17) is 0 Å². The SMILES string of the molecule is CC1=CC(=O)C2=Cc3ccccc3C2=N1. The predicted octanol–water partition coefficient (Wildman–Crippen LogP) is 2.36. The smallest absolute Gasteiger partial charge is 0.189 e. The van der Waals surface area contributed by atoms with E-state index in [-0.39, 0.29) is 5.78 Å². The van der Waals surface area contributed by atoms with Crippen molar-refractivity contribution in [1.29, 1.82) is 0 Å². The van der Waals surface area contributed by atoms with Crippen LogP contribution in [0.3, 0.4) is 0 Å². The Morgan fingerprint density at radius 1 is 1.13 bits per heavy atom. The number of hydrogen-bond acceptors (Lipinski definition) is 2. The van der Waals surface area contributed by atoms with E-state index in [2.05, 4.69) is 4.99 Å². The summed E-state index contributed by atoms with van der Waals surface area (Å²) in [6.45, 7) is 1.85. The fourth-order valence-corrected chi connectivity index (χ4v) is 1.99. The maximum absolute atomic E-state index is 11.7. The first-order valence-electron chi connectivity index (χ1n) is 4.88. The van der Waals surface area contributed by atoms with Crippen molar-refractivity contribution in [3.8, 4) is 0 Å². The average Bonchev–Trinajstić information content (AvgIpc) is 2.57. The molecule has 0 fully saturated rings. The van der Waals surface area contributed by atoms with Crippen molar-refractivity contribution in [2.75, 3.05) is 0 Å². The molecule has 0 atom stereocenters. The van der Waals surface area contributed by atoms with E-state index in [1.807, 2.05) is 37.3 Å². The number of hydrogen-bond donors (Lipinski definition) is 0. The topological polar surface area (TPSA) is 29.4 Å². The number of allylic oxidation sites excluding steroid dienone is 3. The van der Waals surface area contributed by atoms with Gasteiger partial charge in [0.1, 0.15) is 0 Å². The summed E-state index contributed by atoms with van der Waals surface area (Å²) in [4.78, 5) is 16.2. The number of benzene rings is 1. The highest BCUT2D eigenvalue weighted by Crippen LogP contribution is 2.29. The Morgan fingerprint density at radius 2 is 1.93 bits per heavy atom. The van der Waals surface area contributed by atoms with Crippen molar-refractivity contribution in [2.45, 2.75) is 6.92 Å². The van der Waals surface area contributed by atoms with Crippen LogP contribution >= 0.6 is 0 Å². The van der Waals surface area contributed by atoms with Crippen molar-refractivity contribution in [3.05, 3.63) is 52.7 Å². The number of nitrogens with zero attached hydrogens (tertiary/aromatic N) is 1. The third-order valence-electron chi connectivity index (χ3n) is 2.66. The molecule has 72 valence electrons. The normalized spacial score (nSPS) is 17.7. The van der Waals surface area contributed by atoms with E-state index in [0.29, 0.717) is 0 Å². The van der Waals surface area contributed by atoms with Gasteiger partial charge in [-0.15, -0.1) is 0 Å². The van der Waals surface area contributed by atoms with Gasteiger partial charge in [0.15, 0.2) is 5.78 Å². The van der Waals surface area contributed by atoms with Gasteiger partial charge in [0.25, 0.3) is 0 Å². The van der Waals surface area contributed by atoms with E-state index >= 15 is 0 Å². The second kappa shape index (κ2) is 2.76. The second-order valence-corrected chi connectivity index (χ2v) is 3.76. The molecular weight excluding hydrogens is 186 g/mol. The van der Waals surface area contributed by atoms with E-state index < -0.39 is 0 Å². The number of rotatable bonds is 0. The zero-order valence-electron chi connectivity index (χ0n) is 8.32. The summed E-state index contributed by atoms with van der Waals surface area (Å²) in [6.07, 6.45) is 3.50. The van der Waals surface area contributed by atoms with Crippen LogP contribution in [-0.4, -0.2) is 11.5 Å². The minimum Gasteiger partial charge on any atom is -0.289 e. The Hall–Kier alpha value is -1.96. The largest absolute Gasteiger partial charge is 0.289 e. The molecular formula is C13H9NO. The molecule has 2 heteroatoms. The Bertz CT molecular complexity index is 562. The van der Waals surface area contributed by atoms with Crippen LogP contribution in [0.4, 0.5) is 0 Å². The maximum atomic E-state index is 11.7. The molecule has 1 aromatic carbocycles. The number of aliphatic imine (C=N–C) groups is 1. The molecule has 0 aromatic heterocycles. The quantitative estimate of drug-likeness (QED) is 0.624. The van der Waals surface area contributed by atoms with Crippen molar-refractivity contribution >= 4 is 17.6 Å². The van der Waals surface area contributed by atoms with Crippen LogP contribution in [0.5, 0.6) is 0 Å². The van der Waals surface area contributed by atoms with Crippen LogP contribution in [-0.2, 0) is 4.79 Å². The van der Waals surface area contributed by atoms with E-state index in [1.165, 1.54) is 0 Å². The molecule has 2 nitrogen and oxygen atoms in total. The summed E-state index contributed by atoms with van der Waals surface area (Å²) < 4.78 is 0. The van der Waals surface area contributed by atoms with Crippen molar-refractivity contribution in [3.63, 3.8) is 0 Å². The molecule has 1 aliphatic heterocycles. The molecule has 3 rings (SSSR count). The zero-order valence-corrected chi connectivity index (χ0v) is 8.32. The summed E-state index contributed by atoms with van der Waals surface area (Å²) in [5.41, 5.74) is 4.48. The summed E-state index contributed by atoms with van der Waals surface area (Å²) in [7, 11) is 0. The van der Waals surface area contributed by atoms with Gasteiger partial charge in [0.05, 0.1) is 5.71 Å². The van der Waals surface area contributed by atoms with Crippen molar-refractivity contribution in [2.24, 2.45) is 4.99 Å². The molecule has 15 heavy (non-hydrogen) atoms. The first kappa shape index (κ1) is 8.36. The molecule has 0 saturated carbocycles. The van der Waals surface area contributed by atoms with Crippen LogP contribution < -0.4 is 0 Å². The first-order chi connectivity index (χ1) is 7.25.